The fourth-order valence-corrected chi connectivity index (χ4v) is 1.64. The molecule has 0 amide bonds. The Hall–Kier alpha value is -2.08. The normalized spacial score (nSPS) is 10.3. The van der Waals surface area contributed by atoms with E-state index in [1.807, 2.05) is 0 Å². The summed E-state index contributed by atoms with van der Waals surface area (Å²) < 4.78 is 2.88. The first-order valence-electron chi connectivity index (χ1n) is 5.24. The second-order valence-electron chi connectivity index (χ2n) is 3.68. The first-order valence-corrected chi connectivity index (χ1v) is 5.62. The largest absolute Gasteiger partial charge is 0.350 e. The van der Waals surface area contributed by atoms with Gasteiger partial charge >= 0.3 is 0 Å². The highest BCUT2D eigenvalue weighted by atomic mass is 35.5. The van der Waals surface area contributed by atoms with Crippen molar-refractivity contribution in [3.63, 3.8) is 0 Å². The number of rotatable bonds is 4. The van der Waals surface area contributed by atoms with Crippen molar-refractivity contribution < 1.29 is 0 Å². The summed E-state index contributed by atoms with van der Waals surface area (Å²) >= 11 is 5.99. The summed E-state index contributed by atoms with van der Waals surface area (Å²) in [4.78, 5) is 11.8. The van der Waals surface area contributed by atoms with Crippen LogP contribution in [0, 0.1) is 0 Å². The number of nitrogens with zero attached hydrogens (tertiary/aromatic N) is 4. The second-order valence-corrected chi connectivity index (χ2v) is 4.05. The molecule has 2 heterocycles. The van der Waals surface area contributed by atoms with Crippen molar-refractivity contribution in [3.8, 4) is 0 Å². The third kappa shape index (κ3) is 2.43. The monoisotopic (exact) mass is 265 g/mol. The number of halogens is 1. The second kappa shape index (κ2) is 5.05. The van der Waals surface area contributed by atoms with Crippen LogP contribution in [-0.2, 0) is 13.6 Å². The van der Waals surface area contributed by atoms with Crippen LogP contribution in [0.2, 0.25) is 5.02 Å². The predicted octanol–water partition coefficient (Wildman–Crippen LogP) is 1.56. The predicted molar refractivity (Wildman–Crippen MR) is 70.2 cm³/mol. The maximum atomic E-state index is 11.8. The van der Waals surface area contributed by atoms with Gasteiger partial charge in [0.1, 0.15) is 5.02 Å². The molecule has 0 aromatic carbocycles. The van der Waals surface area contributed by atoms with E-state index in [1.54, 1.807) is 30.2 Å². The average molecular weight is 266 g/mol. The Labute approximate surface area is 108 Å². The summed E-state index contributed by atoms with van der Waals surface area (Å²) in [6, 6.07) is 0. The maximum absolute atomic E-state index is 11.8. The van der Waals surface area contributed by atoms with Crippen LogP contribution < -0.4 is 10.9 Å². The molecule has 0 unspecified atom stereocenters. The molecule has 6 nitrogen and oxygen atoms in total. The molecule has 0 atom stereocenters. The number of nitrogens with one attached hydrogen (secondary N) is 1. The van der Waals surface area contributed by atoms with Gasteiger partial charge in [-0.1, -0.05) is 17.7 Å². The molecular weight excluding hydrogens is 254 g/mol. The molecule has 0 bridgehead atoms. The summed E-state index contributed by atoms with van der Waals surface area (Å²) in [6.45, 7) is 3.88. The average Bonchev–Trinajstić information content (AvgIpc) is 2.75. The summed E-state index contributed by atoms with van der Waals surface area (Å²) in [6.07, 6.45) is 6.48. The van der Waals surface area contributed by atoms with Crippen molar-refractivity contribution in [1.82, 2.24) is 19.6 Å². The minimum absolute atomic E-state index is 0.0932. The lowest BCUT2D eigenvalue weighted by Crippen LogP contribution is -2.23. The van der Waals surface area contributed by atoms with Crippen molar-refractivity contribution >= 4 is 23.0 Å². The fourth-order valence-electron chi connectivity index (χ4n) is 1.45. The van der Waals surface area contributed by atoms with Crippen LogP contribution in [0.25, 0.3) is 0 Å². The molecule has 0 spiro atoms. The highest BCUT2D eigenvalue weighted by Gasteiger charge is 2.09. The van der Waals surface area contributed by atoms with Crippen LogP contribution in [0.15, 0.2) is 36.0 Å². The Balaban J connectivity index is 2.32. The van der Waals surface area contributed by atoms with E-state index in [4.69, 9.17) is 11.6 Å². The minimum Gasteiger partial charge on any atom is -0.350 e. The van der Waals surface area contributed by atoms with Gasteiger partial charge in [0.2, 0.25) is 0 Å². The molecule has 0 radical (unpaired) electrons. The molecule has 0 aliphatic heterocycles. The number of anilines is 2. The Morgan fingerprint density at radius 1 is 1.50 bits per heavy atom. The van der Waals surface area contributed by atoms with Crippen molar-refractivity contribution in [2.75, 3.05) is 5.32 Å². The third-order valence-electron chi connectivity index (χ3n) is 2.27. The maximum Gasteiger partial charge on any atom is 0.287 e. The molecule has 2 aromatic heterocycles. The number of aryl methyl sites for hydroxylation is 1. The molecule has 0 saturated carbocycles. The molecule has 94 valence electrons. The zero-order chi connectivity index (χ0) is 13.1. The lowest BCUT2D eigenvalue weighted by Gasteiger charge is -2.07. The van der Waals surface area contributed by atoms with Crippen LogP contribution in [0.3, 0.4) is 0 Å². The molecule has 0 aliphatic rings. The van der Waals surface area contributed by atoms with Crippen molar-refractivity contribution in [2.24, 2.45) is 7.05 Å². The van der Waals surface area contributed by atoms with Crippen molar-refractivity contribution in [1.29, 1.82) is 0 Å². The van der Waals surface area contributed by atoms with Gasteiger partial charge in [-0.05, 0) is 0 Å². The number of hydrogen-bond donors (Lipinski definition) is 1. The van der Waals surface area contributed by atoms with E-state index >= 15 is 0 Å². The van der Waals surface area contributed by atoms with Crippen LogP contribution in [-0.4, -0.2) is 19.6 Å². The Bertz CT molecular complexity index is 631. The topological polar surface area (TPSA) is 64.7 Å². The molecule has 0 fully saturated rings. The van der Waals surface area contributed by atoms with Gasteiger partial charge in [0.25, 0.3) is 5.56 Å². The van der Waals surface area contributed by atoms with E-state index in [2.05, 4.69) is 22.1 Å². The number of aromatic nitrogens is 4. The summed E-state index contributed by atoms with van der Waals surface area (Å²) in [5, 5.41) is 11.1. The van der Waals surface area contributed by atoms with Gasteiger partial charge in [0, 0.05) is 13.2 Å². The van der Waals surface area contributed by atoms with Crippen molar-refractivity contribution in [3.05, 3.63) is 46.6 Å². The zero-order valence-electron chi connectivity index (χ0n) is 9.80. The van der Waals surface area contributed by atoms with E-state index < -0.39 is 0 Å². The molecule has 2 rings (SSSR count). The van der Waals surface area contributed by atoms with E-state index in [9.17, 15) is 4.79 Å². The van der Waals surface area contributed by atoms with E-state index in [0.29, 0.717) is 12.2 Å². The first-order chi connectivity index (χ1) is 8.61. The molecule has 0 aliphatic carbocycles. The standard InChI is InChI=1S/C11H12ClN5O/c1-3-4-17-11(18)10(12)9(6-14-17)15-8-5-13-16(2)7-8/h3,5-7,15H,1,4H2,2H3. The minimum atomic E-state index is -0.356. The van der Waals surface area contributed by atoms with Gasteiger partial charge in [-0.15, -0.1) is 6.58 Å². The van der Waals surface area contributed by atoms with E-state index in [-0.39, 0.29) is 10.6 Å². The number of allylic oxidation sites excluding steroid dienone is 1. The lowest BCUT2D eigenvalue weighted by atomic mass is 10.4. The summed E-state index contributed by atoms with van der Waals surface area (Å²) in [7, 11) is 1.80. The highest BCUT2D eigenvalue weighted by Crippen LogP contribution is 2.20. The highest BCUT2D eigenvalue weighted by molar-refractivity contribution is 6.33. The molecule has 0 saturated heterocycles. The van der Waals surface area contributed by atoms with Crippen molar-refractivity contribution in [2.45, 2.75) is 6.54 Å². The van der Waals surface area contributed by atoms with E-state index in [1.165, 1.54) is 10.9 Å². The molecule has 1 N–H and O–H groups in total. The molecular formula is C11H12ClN5O. The van der Waals surface area contributed by atoms with Gasteiger partial charge < -0.3 is 5.32 Å². The Morgan fingerprint density at radius 3 is 2.89 bits per heavy atom. The van der Waals surface area contributed by atoms with Gasteiger partial charge in [-0.3, -0.25) is 9.48 Å². The Kier molecular flexibility index (Phi) is 3.47. The smallest absolute Gasteiger partial charge is 0.287 e. The summed E-state index contributed by atoms with van der Waals surface area (Å²) in [5.41, 5.74) is 0.836. The third-order valence-corrected chi connectivity index (χ3v) is 2.64. The van der Waals surface area contributed by atoms with Crippen LogP contribution in [0.5, 0.6) is 0 Å². The van der Waals surface area contributed by atoms with Crippen LogP contribution in [0.4, 0.5) is 11.4 Å². The van der Waals surface area contributed by atoms with Crippen LogP contribution in [0.1, 0.15) is 0 Å². The zero-order valence-corrected chi connectivity index (χ0v) is 10.6. The molecule has 7 heteroatoms. The lowest BCUT2D eigenvalue weighted by molar-refractivity contribution is 0.653. The first kappa shape index (κ1) is 12.4. The Morgan fingerprint density at radius 2 is 2.28 bits per heavy atom. The molecule has 2 aromatic rings. The van der Waals surface area contributed by atoms with Crippen LogP contribution >= 0.6 is 11.6 Å². The quantitative estimate of drug-likeness (QED) is 0.852. The number of hydrogen-bond acceptors (Lipinski definition) is 4. The van der Waals surface area contributed by atoms with Gasteiger partial charge in [-0.25, -0.2) is 4.68 Å². The van der Waals surface area contributed by atoms with E-state index in [0.717, 1.165) is 5.69 Å². The van der Waals surface area contributed by atoms with Gasteiger partial charge in [0.05, 0.1) is 30.3 Å². The van der Waals surface area contributed by atoms with Gasteiger partial charge in [-0.2, -0.15) is 10.2 Å². The molecule has 18 heavy (non-hydrogen) atoms. The summed E-state index contributed by atoms with van der Waals surface area (Å²) in [5.74, 6) is 0. The van der Waals surface area contributed by atoms with Gasteiger partial charge in [0.15, 0.2) is 0 Å². The SMILES string of the molecule is C=CCn1ncc(Nc2cnn(C)c2)c(Cl)c1=O. The fraction of sp³-hybridized carbons (Fsp3) is 0.182.